The number of fused-ring (bicyclic) bond motifs is 2. The highest BCUT2D eigenvalue weighted by Crippen LogP contribution is 2.37. The van der Waals surface area contributed by atoms with Crippen molar-refractivity contribution < 1.29 is 19.1 Å². The molecule has 1 unspecified atom stereocenters. The van der Waals surface area contributed by atoms with Gasteiger partial charge in [0.1, 0.15) is 35.4 Å². The van der Waals surface area contributed by atoms with E-state index in [1.54, 1.807) is 11.2 Å². The van der Waals surface area contributed by atoms with Crippen LogP contribution in [0, 0.1) is 5.92 Å². The number of imide groups is 1. The third-order valence-corrected chi connectivity index (χ3v) is 13.9. The number of hydrogen-bond donors (Lipinski definition) is 2. The van der Waals surface area contributed by atoms with Crippen LogP contribution < -0.4 is 20.7 Å². The minimum Gasteiger partial charge on any atom is -0.457 e. The van der Waals surface area contributed by atoms with E-state index >= 15 is 0 Å². The summed E-state index contributed by atoms with van der Waals surface area (Å²) in [6.07, 6.45) is 10.2. The number of hydrogen-bond acceptors (Lipinski definition) is 11. The Labute approximate surface area is 356 Å². The Morgan fingerprint density at radius 2 is 1.51 bits per heavy atom. The number of nitrogens with zero attached hydrogens (tertiary/aromatic N) is 8. The number of piperidine rings is 4. The normalized spacial score (nSPS) is 21.3. The molecule has 61 heavy (non-hydrogen) atoms. The third kappa shape index (κ3) is 8.06. The van der Waals surface area contributed by atoms with Crippen molar-refractivity contribution in [3.05, 3.63) is 90.3 Å². The zero-order chi connectivity index (χ0) is 41.5. The Kier molecular flexibility index (Phi) is 10.9. The van der Waals surface area contributed by atoms with E-state index in [1.807, 2.05) is 60.7 Å². The van der Waals surface area contributed by atoms with Gasteiger partial charge in [-0.2, -0.15) is 5.10 Å². The van der Waals surface area contributed by atoms with Crippen LogP contribution in [0.15, 0.2) is 79.1 Å². The number of benzene rings is 3. The SMILES string of the molecule is Nc1ncnc2c1c(-c1ccc(Oc3ccccc3)cc1)nn2C1CCN(C2CCN(CCC3CCN(c4ccc5c(c4)CN(C4CCC(=O)NC4=O)C5=O)CC3)CC2)CC1. The number of anilines is 2. The van der Waals surface area contributed by atoms with Gasteiger partial charge in [0.2, 0.25) is 11.8 Å². The molecule has 3 amide bonds. The maximum absolute atomic E-state index is 13.2. The van der Waals surface area contributed by atoms with Gasteiger partial charge in [0.25, 0.3) is 5.91 Å². The number of carbonyl (C=O) groups excluding carboxylic acids is 3. The van der Waals surface area contributed by atoms with Gasteiger partial charge >= 0.3 is 0 Å². The summed E-state index contributed by atoms with van der Waals surface area (Å²) >= 11 is 0. The summed E-state index contributed by atoms with van der Waals surface area (Å²) in [5.41, 5.74) is 11.8. The predicted octanol–water partition coefficient (Wildman–Crippen LogP) is 6.04. The first-order chi connectivity index (χ1) is 29.8. The first kappa shape index (κ1) is 39.3. The topological polar surface area (TPSA) is 155 Å². The van der Waals surface area contributed by atoms with Crippen molar-refractivity contribution >= 4 is 40.3 Å². The summed E-state index contributed by atoms with van der Waals surface area (Å²) in [7, 11) is 0. The molecule has 7 heterocycles. The van der Waals surface area contributed by atoms with Crippen molar-refractivity contribution in [3.8, 4) is 22.8 Å². The molecule has 1 atom stereocenters. The quantitative estimate of drug-likeness (QED) is 0.159. The molecule has 0 radical (unpaired) electrons. The minimum absolute atomic E-state index is 0.117. The van der Waals surface area contributed by atoms with E-state index in [0.29, 0.717) is 30.4 Å². The molecule has 0 bridgehead atoms. The molecular formula is C47H54N10O4. The van der Waals surface area contributed by atoms with Gasteiger partial charge in [-0.05, 0) is 137 Å². The van der Waals surface area contributed by atoms with Crippen LogP contribution in [0.25, 0.3) is 22.3 Å². The highest BCUT2D eigenvalue weighted by atomic mass is 16.5. The number of nitrogen functional groups attached to an aromatic ring is 1. The fraction of sp³-hybridized carbons (Fsp3) is 0.447. The Morgan fingerprint density at radius 1 is 0.770 bits per heavy atom. The molecule has 3 aromatic carbocycles. The summed E-state index contributed by atoms with van der Waals surface area (Å²) in [6.45, 7) is 8.03. The molecule has 0 spiro atoms. The number of nitrogens with one attached hydrogen (secondary N) is 1. The molecule has 4 saturated heterocycles. The highest BCUT2D eigenvalue weighted by Gasteiger charge is 2.39. The van der Waals surface area contributed by atoms with Crippen LogP contribution in [-0.2, 0) is 16.1 Å². The molecule has 4 fully saturated rings. The molecule has 5 aromatic rings. The van der Waals surface area contributed by atoms with Crippen LogP contribution in [0.4, 0.5) is 11.5 Å². The van der Waals surface area contributed by atoms with Crippen molar-refractivity contribution in [2.75, 3.05) is 56.4 Å². The maximum Gasteiger partial charge on any atom is 0.255 e. The van der Waals surface area contributed by atoms with E-state index in [-0.39, 0.29) is 30.2 Å². The van der Waals surface area contributed by atoms with Crippen LogP contribution in [-0.4, -0.2) is 110 Å². The smallest absolute Gasteiger partial charge is 0.255 e. The Bertz CT molecular complexity index is 2400. The lowest BCUT2D eigenvalue weighted by Gasteiger charge is -2.42. The van der Waals surface area contributed by atoms with Crippen LogP contribution in [0.1, 0.15) is 79.8 Å². The molecule has 10 rings (SSSR count). The van der Waals surface area contributed by atoms with E-state index < -0.39 is 6.04 Å². The number of likely N-dealkylation sites (tertiary alicyclic amines) is 2. The van der Waals surface area contributed by atoms with Gasteiger partial charge in [-0.15, -0.1) is 0 Å². The number of carbonyl (C=O) groups is 3. The predicted molar refractivity (Wildman–Crippen MR) is 233 cm³/mol. The van der Waals surface area contributed by atoms with Gasteiger partial charge in [-0.1, -0.05) is 18.2 Å². The number of ether oxygens (including phenoxy) is 1. The number of aromatic nitrogens is 4. The first-order valence-corrected chi connectivity index (χ1v) is 22.2. The molecule has 14 nitrogen and oxygen atoms in total. The van der Waals surface area contributed by atoms with Crippen molar-refractivity contribution in [1.82, 2.24) is 39.8 Å². The van der Waals surface area contributed by atoms with Crippen molar-refractivity contribution in [3.63, 3.8) is 0 Å². The standard InChI is InChI=1S/C47H54N10O4/c48-44-42-43(32-6-9-38(10-7-32)61-37-4-2-1-3-5-37)52-57(45(42)50-30-49-44)35-19-26-54(27-20-35)34-17-22-53(23-18-34)21-14-31-15-24-55(25-16-31)36-8-11-39-33(28-36)29-56(47(39)60)40-12-13-41(58)51-46(40)59/h1-11,28,30-31,34-35,40H,12-27,29H2,(H2,48,49,50)(H,51,58,59). The lowest BCUT2D eigenvalue weighted by Crippen LogP contribution is -2.52. The summed E-state index contributed by atoms with van der Waals surface area (Å²) in [5, 5.41) is 8.35. The van der Waals surface area contributed by atoms with Gasteiger partial charge < -0.3 is 30.1 Å². The number of rotatable bonds is 10. The van der Waals surface area contributed by atoms with E-state index in [9.17, 15) is 14.4 Å². The second kappa shape index (κ2) is 16.9. The molecule has 2 aromatic heterocycles. The monoisotopic (exact) mass is 822 g/mol. The molecule has 0 aliphatic carbocycles. The zero-order valence-electron chi connectivity index (χ0n) is 34.6. The lowest BCUT2D eigenvalue weighted by molar-refractivity contribution is -0.136. The molecule has 3 N–H and O–H groups in total. The average molecular weight is 823 g/mol. The number of nitrogens with two attached hydrogens (primary N) is 1. The zero-order valence-corrected chi connectivity index (χ0v) is 34.6. The average Bonchev–Trinajstić information content (AvgIpc) is 3.85. The van der Waals surface area contributed by atoms with Gasteiger partial charge in [0.15, 0.2) is 5.65 Å². The minimum atomic E-state index is -0.584. The van der Waals surface area contributed by atoms with E-state index in [2.05, 4.69) is 46.8 Å². The number of amides is 3. The van der Waals surface area contributed by atoms with E-state index in [1.165, 1.54) is 38.6 Å². The maximum atomic E-state index is 13.2. The second-order valence-electron chi connectivity index (χ2n) is 17.5. The van der Waals surface area contributed by atoms with Gasteiger partial charge in [-0.3, -0.25) is 19.7 Å². The fourth-order valence-electron chi connectivity index (χ4n) is 10.4. The van der Waals surface area contributed by atoms with Crippen LogP contribution in [0.3, 0.4) is 0 Å². The molecule has 5 aliphatic heterocycles. The largest absolute Gasteiger partial charge is 0.457 e. The van der Waals surface area contributed by atoms with Crippen LogP contribution >= 0.6 is 0 Å². The molecule has 316 valence electrons. The summed E-state index contributed by atoms with van der Waals surface area (Å²) in [4.78, 5) is 55.8. The van der Waals surface area contributed by atoms with Crippen molar-refractivity contribution in [2.45, 2.75) is 82.5 Å². The van der Waals surface area contributed by atoms with Gasteiger partial charge in [-0.25, -0.2) is 14.6 Å². The summed E-state index contributed by atoms with van der Waals surface area (Å²) in [6, 6.07) is 24.2. The fourth-order valence-corrected chi connectivity index (χ4v) is 10.4. The Hall–Kier alpha value is -5.86. The summed E-state index contributed by atoms with van der Waals surface area (Å²) in [5.74, 6) is 1.97. The van der Waals surface area contributed by atoms with E-state index in [0.717, 1.165) is 103 Å². The molecule has 14 heteroatoms. The van der Waals surface area contributed by atoms with Crippen LogP contribution in [0.5, 0.6) is 11.5 Å². The van der Waals surface area contributed by atoms with E-state index in [4.69, 9.17) is 15.6 Å². The molecule has 0 saturated carbocycles. The highest BCUT2D eigenvalue weighted by molar-refractivity contribution is 6.05. The van der Waals surface area contributed by atoms with Gasteiger partial charge in [0.05, 0.1) is 11.4 Å². The molecular weight excluding hydrogens is 769 g/mol. The second-order valence-corrected chi connectivity index (χ2v) is 17.5. The Morgan fingerprint density at radius 3 is 2.26 bits per heavy atom. The lowest BCUT2D eigenvalue weighted by atomic mass is 9.92. The van der Waals surface area contributed by atoms with Crippen molar-refractivity contribution in [1.29, 1.82) is 0 Å². The number of para-hydroxylation sites is 1. The third-order valence-electron chi connectivity index (χ3n) is 13.9. The molecule has 5 aliphatic rings. The Balaban J connectivity index is 0.679. The first-order valence-electron chi connectivity index (χ1n) is 22.2. The van der Waals surface area contributed by atoms with Gasteiger partial charge in [0, 0.05) is 62.0 Å². The van der Waals surface area contributed by atoms with Crippen molar-refractivity contribution in [2.24, 2.45) is 5.92 Å². The summed E-state index contributed by atoms with van der Waals surface area (Å²) < 4.78 is 8.13. The van der Waals surface area contributed by atoms with Crippen LogP contribution in [0.2, 0.25) is 0 Å².